The molecule has 0 saturated carbocycles. The zero-order valence-electron chi connectivity index (χ0n) is 6.01. The van der Waals surface area contributed by atoms with E-state index in [9.17, 15) is 9.59 Å². The summed E-state index contributed by atoms with van der Waals surface area (Å²) in [5.41, 5.74) is 0.328. The van der Waals surface area contributed by atoms with Crippen LogP contribution in [0.4, 0.5) is 0 Å². The summed E-state index contributed by atoms with van der Waals surface area (Å²) in [7, 11) is 0. The van der Waals surface area contributed by atoms with Crippen LogP contribution in [-0.4, -0.2) is 18.1 Å². The third kappa shape index (κ3) is 1.51. The molecule has 0 aromatic heterocycles. The second-order valence-electron chi connectivity index (χ2n) is 2.02. The SMILES string of the molecule is C=C1C=C(SC)C(=O)NC1=O. The molecule has 3 nitrogen and oxygen atoms in total. The fraction of sp³-hybridized carbons (Fsp3) is 0.143. The summed E-state index contributed by atoms with van der Waals surface area (Å²) in [5.74, 6) is -0.747. The molecule has 1 aliphatic heterocycles. The summed E-state index contributed by atoms with van der Waals surface area (Å²) in [5, 5.41) is 2.16. The maximum absolute atomic E-state index is 10.9. The van der Waals surface area contributed by atoms with Crippen molar-refractivity contribution in [1.82, 2.24) is 5.32 Å². The zero-order valence-corrected chi connectivity index (χ0v) is 6.83. The molecular weight excluding hydrogens is 162 g/mol. The van der Waals surface area contributed by atoms with Gasteiger partial charge in [-0.05, 0) is 12.3 Å². The smallest absolute Gasteiger partial charge is 0.264 e. The molecule has 0 bridgehead atoms. The van der Waals surface area contributed by atoms with Crippen LogP contribution in [0, 0.1) is 0 Å². The zero-order chi connectivity index (χ0) is 8.43. The Bertz CT molecular complexity index is 268. The van der Waals surface area contributed by atoms with Crippen LogP contribution in [0.15, 0.2) is 23.1 Å². The first-order chi connectivity index (χ1) is 5.15. The van der Waals surface area contributed by atoms with Crippen molar-refractivity contribution in [3.8, 4) is 0 Å². The van der Waals surface area contributed by atoms with E-state index in [-0.39, 0.29) is 5.91 Å². The number of carbonyl (C=O) groups is 2. The lowest BCUT2D eigenvalue weighted by molar-refractivity contribution is -0.126. The van der Waals surface area contributed by atoms with Gasteiger partial charge in [-0.2, -0.15) is 0 Å². The Morgan fingerprint density at radius 2 is 2.09 bits per heavy atom. The number of nitrogens with one attached hydrogen (secondary N) is 1. The van der Waals surface area contributed by atoms with E-state index < -0.39 is 5.91 Å². The van der Waals surface area contributed by atoms with Gasteiger partial charge < -0.3 is 0 Å². The number of carbonyl (C=O) groups excluding carboxylic acids is 2. The summed E-state index contributed by atoms with van der Waals surface area (Å²) < 4.78 is 0. The number of imide groups is 1. The molecule has 1 aliphatic rings. The van der Waals surface area contributed by atoms with Crippen LogP contribution >= 0.6 is 11.8 Å². The molecule has 58 valence electrons. The van der Waals surface area contributed by atoms with Crippen molar-refractivity contribution in [3.05, 3.63) is 23.1 Å². The fourth-order valence-electron chi connectivity index (χ4n) is 0.686. The van der Waals surface area contributed by atoms with Crippen LogP contribution in [0.1, 0.15) is 0 Å². The maximum Gasteiger partial charge on any atom is 0.264 e. The van der Waals surface area contributed by atoms with Crippen LogP contribution in [0.5, 0.6) is 0 Å². The second kappa shape index (κ2) is 2.92. The third-order valence-electron chi connectivity index (χ3n) is 1.27. The third-order valence-corrected chi connectivity index (χ3v) is 2.01. The molecule has 2 amide bonds. The van der Waals surface area contributed by atoms with Gasteiger partial charge in [-0.3, -0.25) is 14.9 Å². The molecule has 11 heavy (non-hydrogen) atoms. The number of hydrogen-bond donors (Lipinski definition) is 1. The van der Waals surface area contributed by atoms with Gasteiger partial charge in [0.2, 0.25) is 0 Å². The van der Waals surface area contributed by atoms with Gasteiger partial charge in [0, 0.05) is 5.57 Å². The monoisotopic (exact) mass is 169 g/mol. The Morgan fingerprint density at radius 1 is 1.45 bits per heavy atom. The van der Waals surface area contributed by atoms with Crippen LogP contribution in [0.2, 0.25) is 0 Å². The largest absolute Gasteiger partial charge is 0.288 e. The minimum absolute atomic E-state index is 0.328. The predicted molar refractivity (Wildman–Crippen MR) is 43.9 cm³/mol. The highest BCUT2D eigenvalue weighted by Gasteiger charge is 2.19. The standard InChI is InChI=1S/C7H7NO2S/c1-4-3-5(11-2)7(10)8-6(4)9/h3H,1H2,2H3,(H,8,9,10). The summed E-state index contributed by atoms with van der Waals surface area (Å²) in [6, 6.07) is 0. The van der Waals surface area contributed by atoms with Crippen LogP contribution < -0.4 is 5.32 Å². The highest BCUT2D eigenvalue weighted by molar-refractivity contribution is 8.03. The van der Waals surface area contributed by atoms with Crippen molar-refractivity contribution in [2.75, 3.05) is 6.26 Å². The topological polar surface area (TPSA) is 46.2 Å². The van der Waals surface area contributed by atoms with Gasteiger partial charge in [0.25, 0.3) is 11.8 Å². The molecule has 0 fully saturated rings. The van der Waals surface area contributed by atoms with Gasteiger partial charge in [-0.15, -0.1) is 11.8 Å². The first kappa shape index (κ1) is 8.07. The lowest BCUT2D eigenvalue weighted by Gasteiger charge is -2.11. The fourth-order valence-corrected chi connectivity index (χ4v) is 1.18. The van der Waals surface area contributed by atoms with E-state index in [0.29, 0.717) is 10.5 Å². The molecule has 1 heterocycles. The summed E-state index contributed by atoms with van der Waals surface area (Å²) in [6.45, 7) is 3.47. The van der Waals surface area contributed by atoms with Crippen molar-refractivity contribution in [1.29, 1.82) is 0 Å². The lowest BCUT2D eigenvalue weighted by atomic mass is 10.2. The number of amides is 2. The van der Waals surface area contributed by atoms with Crippen molar-refractivity contribution in [3.63, 3.8) is 0 Å². The second-order valence-corrected chi connectivity index (χ2v) is 2.87. The Kier molecular flexibility index (Phi) is 2.14. The van der Waals surface area contributed by atoms with E-state index >= 15 is 0 Å². The summed E-state index contributed by atoms with van der Waals surface area (Å²) in [6.07, 6.45) is 3.26. The molecule has 4 heteroatoms. The van der Waals surface area contributed by atoms with Crippen LogP contribution in [0.3, 0.4) is 0 Å². The van der Waals surface area contributed by atoms with Crippen molar-refractivity contribution < 1.29 is 9.59 Å². The van der Waals surface area contributed by atoms with E-state index in [2.05, 4.69) is 11.9 Å². The van der Waals surface area contributed by atoms with Gasteiger partial charge in [0.15, 0.2) is 0 Å². The van der Waals surface area contributed by atoms with E-state index in [1.165, 1.54) is 17.8 Å². The highest BCUT2D eigenvalue weighted by Crippen LogP contribution is 2.17. The summed E-state index contributed by atoms with van der Waals surface area (Å²) in [4.78, 5) is 22.2. The lowest BCUT2D eigenvalue weighted by Crippen LogP contribution is -2.34. The number of hydrogen-bond acceptors (Lipinski definition) is 3. The van der Waals surface area contributed by atoms with Gasteiger partial charge >= 0.3 is 0 Å². The van der Waals surface area contributed by atoms with E-state index in [1.807, 2.05) is 0 Å². The maximum atomic E-state index is 10.9. The quantitative estimate of drug-likeness (QED) is 0.458. The van der Waals surface area contributed by atoms with E-state index in [4.69, 9.17) is 0 Å². The summed E-state index contributed by atoms with van der Waals surface area (Å²) >= 11 is 1.30. The normalized spacial score (nSPS) is 17.9. The van der Waals surface area contributed by atoms with Crippen LogP contribution in [-0.2, 0) is 9.59 Å². The number of thioether (sulfide) groups is 1. The minimum Gasteiger partial charge on any atom is -0.288 e. The molecular formula is C7H7NO2S. The van der Waals surface area contributed by atoms with E-state index in [1.54, 1.807) is 6.26 Å². The average Bonchev–Trinajstić information content (AvgIpc) is 1.97. The first-order valence-corrected chi connectivity index (χ1v) is 4.18. The minimum atomic E-state index is -0.409. The number of rotatable bonds is 1. The van der Waals surface area contributed by atoms with Crippen LogP contribution in [0.25, 0.3) is 0 Å². The Morgan fingerprint density at radius 3 is 2.64 bits per heavy atom. The van der Waals surface area contributed by atoms with Gasteiger partial charge in [0.1, 0.15) is 0 Å². The van der Waals surface area contributed by atoms with Gasteiger partial charge in [-0.1, -0.05) is 6.58 Å². The Balaban J connectivity index is 2.97. The predicted octanol–water partition coefficient (Wildman–Crippen LogP) is 0.446. The van der Waals surface area contributed by atoms with Crippen molar-refractivity contribution in [2.45, 2.75) is 0 Å². The molecule has 0 aliphatic carbocycles. The molecule has 0 saturated heterocycles. The molecule has 0 atom stereocenters. The Hall–Kier alpha value is -1.03. The molecule has 1 rings (SSSR count). The molecule has 0 unspecified atom stereocenters. The molecule has 0 aromatic rings. The molecule has 1 N–H and O–H groups in total. The van der Waals surface area contributed by atoms with Gasteiger partial charge in [0.05, 0.1) is 4.91 Å². The Labute approximate surface area is 68.5 Å². The molecule has 0 spiro atoms. The molecule has 0 aromatic carbocycles. The van der Waals surface area contributed by atoms with Gasteiger partial charge in [-0.25, -0.2) is 0 Å². The first-order valence-electron chi connectivity index (χ1n) is 2.95. The highest BCUT2D eigenvalue weighted by atomic mass is 32.2. The van der Waals surface area contributed by atoms with Crippen molar-refractivity contribution in [2.24, 2.45) is 0 Å². The molecule has 0 radical (unpaired) electrons. The van der Waals surface area contributed by atoms with E-state index in [0.717, 1.165) is 0 Å². The average molecular weight is 169 g/mol. The van der Waals surface area contributed by atoms with Crippen molar-refractivity contribution >= 4 is 23.6 Å².